The van der Waals surface area contributed by atoms with Gasteiger partial charge in [-0.3, -0.25) is 0 Å². The van der Waals surface area contributed by atoms with Crippen molar-refractivity contribution in [3.63, 3.8) is 0 Å². The zero-order valence-electron chi connectivity index (χ0n) is 91.3. The normalized spacial score (nSPS) is 23.6. The fourth-order valence-corrected chi connectivity index (χ4v) is 23.4. The van der Waals surface area contributed by atoms with E-state index in [4.69, 9.17) is 23.7 Å². The molecule has 7 nitrogen and oxygen atoms in total. The lowest BCUT2D eigenvalue weighted by molar-refractivity contribution is -0.251. The number of hydrogen-bond donors (Lipinski definition) is 2. The molecule has 3 rings (SSSR count). The largest absolute Gasteiger partial charge is 0.387 e. The van der Waals surface area contributed by atoms with E-state index in [-0.39, 0.29) is 42.7 Å². The highest BCUT2D eigenvalue weighted by Gasteiger charge is 2.54. The van der Waals surface area contributed by atoms with Crippen LogP contribution >= 0.6 is 0 Å². The minimum Gasteiger partial charge on any atom is -0.387 e. The molecule has 0 aromatic heterocycles. The lowest BCUT2D eigenvalue weighted by Gasteiger charge is -2.47. The Kier molecular flexibility index (Phi) is 63.1. The van der Waals surface area contributed by atoms with Crippen LogP contribution < -0.4 is 0 Å². The summed E-state index contributed by atoms with van der Waals surface area (Å²) in [5.41, 5.74) is -3.52. The summed E-state index contributed by atoms with van der Waals surface area (Å²) < 4.78 is 39.8. The Bertz CT molecular complexity index is 2540. The summed E-state index contributed by atoms with van der Waals surface area (Å²) in [6.45, 7) is 70.2. The molecule has 7 heteroatoms. The van der Waals surface area contributed by atoms with E-state index in [2.05, 4.69) is 201 Å². The first kappa shape index (κ1) is 120. The first-order valence-corrected chi connectivity index (χ1v) is 57.2. The molecule has 752 valence electrons. The molecule has 0 aliphatic carbocycles. The molecule has 3 fully saturated rings. The second kappa shape index (κ2) is 66.3. The molecule has 0 aromatic rings. The average Bonchev–Trinajstić information content (AvgIpc) is 1.59. The predicted octanol–water partition coefficient (Wildman–Crippen LogP) is 37.4. The van der Waals surface area contributed by atoms with Gasteiger partial charge in [0, 0.05) is 0 Å². The van der Waals surface area contributed by atoms with Crippen LogP contribution in [0.5, 0.6) is 0 Å². The summed E-state index contributed by atoms with van der Waals surface area (Å²) >= 11 is 0. The summed E-state index contributed by atoms with van der Waals surface area (Å²) in [5.74, 6) is 13.5. The van der Waals surface area contributed by atoms with Gasteiger partial charge in [-0.1, -0.05) is 474 Å². The quantitative estimate of drug-likeness (QED) is 0.0627. The van der Waals surface area contributed by atoms with Gasteiger partial charge in [0.1, 0.15) is 0 Å². The number of rotatable bonds is 82. The molecule has 0 spiro atoms. The molecular weight excluding hydrogens is 1540 g/mol. The molecule has 126 heavy (non-hydrogen) atoms. The van der Waals surface area contributed by atoms with Crippen LogP contribution in [-0.4, -0.2) is 80.9 Å². The lowest BCUT2D eigenvalue weighted by Crippen LogP contribution is -2.54. The minimum atomic E-state index is -0.907. The molecule has 2 N–H and O–H groups in total. The molecular formula is C119H234O7. The maximum absolute atomic E-state index is 12.8. The van der Waals surface area contributed by atoms with Crippen LogP contribution in [0.2, 0.25) is 0 Å². The Morgan fingerprint density at radius 1 is 0.206 bits per heavy atom. The summed E-state index contributed by atoms with van der Waals surface area (Å²) in [4.78, 5) is 0. The van der Waals surface area contributed by atoms with Crippen molar-refractivity contribution in [2.75, 3.05) is 0 Å². The topological polar surface area (TPSA) is 86.6 Å². The molecule has 24 atom stereocenters. The van der Waals surface area contributed by atoms with Crippen LogP contribution in [0.1, 0.15) is 586 Å². The van der Waals surface area contributed by atoms with E-state index in [1.54, 1.807) is 0 Å². The van der Waals surface area contributed by atoms with Crippen molar-refractivity contribution in [1.82, 2.24) is 0 Å². The Hall–Kier alpha value is -0.280. The second-order valence-corrected chi connectivity index (χ2v) is 50.7. The van der Waals surface area contributed by atoms with Gasteiger partial charge < -0.3 is 33.9 Å². The third kappa shape index (κ3) is 54.6. The first-order valence-electron chi connectivity index (χ1n) is 57.2. The standard InChI is InChI=1S/C119H234O7/c1-90(2)48-30-54-96(13)60-36-66-102(19)72-42-78-109(125-117(27,87-45-75-105(22)69-39-63-99(16)57-33-51-93(7)8)112-83-81-110(123-112)115(25,120)85-43-73-103(20)67-37-61-97(14)55-31-49-91(3)4)108-79-80-113(122-108)118(28,88-46-76-106(23)70-40-64-100(17)58-34-52-94(9)10)126-119(29,89-47-77-107(24)71-41-65-101(18)59-35-53-95(11)12)114-84-82-111(124-114)116(26,121)86-44-74-104(21)68-38-62-98(15)56-32-50-92(5)6/h90-114,120-121H,30-89H2,1-29H3/t96-,97-,98-,99-,100-,101-,102-,103-,104-,105-,106-,107-,108-,109-,110-,111-,112-,113-,114-,115+,116+,117-,118+,119-/m1/s1. The van der Waals surface area contributed by atoms with Crippen molar-refractivity contribution in [1.29, 1.82) is 0 Å². The molecule has 0 radical (unpaired) electrons. The van der Waals surface area contributed by atoms with E-state index in [1.165, 1.54) is 263 Å². The number of hydrogen-bond acceptors (Lipinski definition) is 7. The predicted molar refractivity (Wildman–Crippen MR) is 554 cm³/mol. The highest BCUT2D eigenvalue weighted by atomic mass is 16.6. The summed E-state index contributed by atoms with van der Waals surface area (Å²) in [5, 5.41) is 25.5. The molecule has 3 saturated heterocycles. The highest BCUT2D eigenvalue weighted by Crippen LogP contribution is 2.49. The van der Waals surface area contributed by atoms with Gasteiger partial charge in [-0.15, -0.1) is 0 Å². The zero-order chi connectivity index (χ0) is 93.9. The number of aliphatic hydroxyl groups is 2. The van der Waals surface area contributed by atoms with Crippen molar-refractivity contribution < 1.29 is 33.9 Å². The molecule has 0 aromatic carbocycles. The first-order chi connectivity index (χ1) is 59.4. The van der Waals surface area contributed by atoms with Gasteiger partial charge in [0.05, 0.1) is 70.7 Å². The molecule has 0 unspecified atom stereocenters. The van der Waals surface area contributed by atoms with Crippen molar-refractivity contribution in [2.24, 2.45) is 107 Å². The minimum absolute atomic E-state index is 0.0735. The summed E-state index contributed by atoms with van der Waals surface area (Å²) in [7, 11) is 0. The fourth-order valence-electron chi connectivity index (χ4n) is 23.4. The van der Waals surface area contributed by atoms with E-state index in [1.807, 2.05) is 0 Å². The van der Waals surface area contributed by atoms with E-state index >= 15 is 0 Å². The van der Waals surface area contributed by atoms with E-state index < -0.39 is 28.0 Å². The molecule has 0 saturated carbocycles. The Labute approximate surface area is 792 Å². The summed E-state index contributed by atoms with van der Waals surface area (Å²) in [6, 6.07) is 0. The van der Waals surface area contributed by atoms with Crippen LogP contribution in [-0.2, 0) is 23.7 Å². The average molecular weight is 1780 g/mol. The van der Waals surface area contributed by atoms with Crippen molar-refractivity contribution in [2.45, 2.75) is 657 Å². The smallest absolute Gasteiger partial charge is 0.0923 e. The third-order valence-corrected chi connectivity index (χ3v) is 33.1. The number of ether oxygens (including phenoxy) is 5. The van der Waals surface area contributed by atoms with E-state index in [9.17, 15) is 10.2 Å². The maximum atomic E-state index is 12.8. The molecule has 3 heterocycles. The monoisotopic (exact) mass is 1780 g/mol. The van der Waals surface area contributed by atoms with E-state index in [0.29, 0.717) is 35.5 Å². The second-order valence-electron chi connectivity index (χ2n) is 50.7. The SMILES string of the molecule is CC(C)CCC[C@@H](C)CCC[C@@H](C)CCC[C@@H](O[C@](C)(CCC[C@H](C)CCC[C@H](C)CCCC(C)C)[C@H]1CC[C@H]([C@@](C)(O)CCC[C@H](C)CCC[C@H](C)CCCC(C)C)O1)[C@H]1CC[C@H]([C@](C)(CCC[C@H](C)CCC[C@H](C)CCCC(C)C)O[C@](C)(CCC[C@H](C)CCC[C@H](C)CCCC(C)C)[C@H]2CC[C@H]([C@@](C)(O)CCC[C@H](C)CCC[C@H](C)CCCC(C)C)O2)O1. The van der Waals surface area contributed by atoms with Gasteiger partial charge in [-0.2, -0.15) is 0 Å². The van der Waals surface area contributed by atoms with Crippen LogP contribution in [0.4, 0.5) is 0 Å². The third-order valence-electron chi connectivity index (χ3n) is 33.1. The van der Waals surface area contributed by atoms with Crippen molar-refractivity contribution in [3.8, 4) is 0 Å². The molecule has 3 aliphatic rings. The van der Waals surface area contributed by atoms with Gasteiger partial charge >= 0.3 is 0 Å². The van der Waals surface area contributed by atoms with Crippen LogP contribution in [0.15, 0.2) is 0 Å². The van der Waals surface area contributed by atoms with Crippen LogP contribution in [0.25, 0.3) is 0 Å². The molecule has 0 amide bonds. The zero-order valence-corrected chi connectivity index (χ0v) is 91.3. The highest BCUT2D eigenvalue weighted by molar-refractivity contribution is 5.03. The van der Waals surface area contributed by atoms with Crippen molar-refractivity contribution in [3.05, 3.63) is 0 Å². The lowest BCUT2D eigenvalue weighted by atomic mass is 9.83. The van der Waals surface area contributed by atoms with Gasteiger partial charge in [-0.25, -0.2) is 0 Å². The molecule has 0 bridgehead atoms. The van der Waals surface area contributed by atoms with Crippen LogP contribution in [0, 0.1) is 107 Å². The van der Waals surface area contributed by atoms with Gasteiger partial charge in [0.15, 0.2) is 0 Å². The van der Waals surface area contributed by atoms with Gasteiger partial charge in [0.25, 0.3) is 0 Å². The Morgan fingerprint density at radius 3 is 0.619 bits per heavy atom. The Morgan fingerprint density at radius 2 is 0.381 bits per heavy atom. The van der Waals surface area contributed by atoms with Crippen molar-refractivity contribution >= 4 is 0 Å². The summed E-state index contributed by atoms with van der Waals surface area (Å²) in [6.07, 6.45) is 71.6. The molecule has 3 aliphatic heterocycles. The maximum Gasteiger partial charge on any atom is 0.0923 e. The fraction of sp³-hybridized carbons (Fsp3) is 1.00. The van der Waals surface area contributed by atoms with Gasteiger partial charge in [0.2, 0.25) is 0 Å². The van der Waals surface area contributed by atoms with Crippen LogP contribution in [0.3, 0.4) is 0 Å². The Balaban J connectivity index is 2.16. The van der Waals surface area contributed by atoms with Gasteiger partial charge in [-0.05, 0) is 218 Å². The van der Waals surface area contributed by atoms with E-state index in [0.717, 1.165) is 193 Å².